The highest BCUT2D eigenvalue weighted by Gasteiger charge is 2.32. The van der Waals surface area contributed by atoms with Gasteiger partial charge in [-0.05, 0) is 41.3 Å². The third-order valence-corrected chi connectivity index (χ3v) is 4.62. The Morgan fingerprint density at radius 3 is 2.91 bits per heavy atom. The first-order valence-electron chi connectivity index (χ1n) is 7.59. The van der Waals surface area contributed by atoms with Crippen LogP contribution in [-0.4, -0.2) is 52.4 Å². The van der Waals surface area contributed by atoms with Crippen LogP contribution in [0, 0.1) is 0 Å². The Morgan fingerprint density at radius 1 is 1.32 bits per heavy atom. The molecule has 1 N–H and O–H groups in total. The van der Waals surface area contributed by atoms with E-state index in [0.717, 1.165) is 36.8 Å². The number of nitrogens with zero attached hydrogens (tertiary/aromatic N) is 3. The Morgan fingerprint density at radius 2 is 2.18 bits per heavy atom. The second kappa shape index (κ2) is 6.64. The van der Waals surface area contributed by atoms with Crippen LogP contribution in [0.1, 0.15) is 25.7 Å². The summed E-state index contributed by atoms with van der Waals surface area (Å²) in [6.45, 7) is 2.17. The van der Waals surface area contributed by atoms with Gasteiger partial charge in [0.25, 0.3) is 0 Å². The summed E-state index contributed by atoms with van der Waals surface area (Å²) < 4.78 is 0.824. The zero-order chi connectivity index (χ0) is 15.5. The fraction of sp³-hybridized carbons (Fsp3) is 0.533. The van der Waals surface area contributed by atoms with Crippen molar-refractivity contribution in [1.29, 1.82) is 0 Å². The van der Waals surface area contributed by atoms with Gasteiger partial charge in [-0.3, -0.25) is 9.78 Å². The Bertz CT molecular complexity index is 580. The quantitative estimate of drug-likeness (QED) is 0.873. The van der Waals surface area contributed by atoms with E-state index in [1.807, 2.05) is 11.0 Å². The molecule has 1 aromatic heterocycles. The van der Waals surface area contributed by atoms with Gasteiger partial charge in [0.2, 0.25) is 5.91 Å². The number of carbonyl (C=O) groups is 2. The van der Waals surface area contributed by atoms with E-state index in [9.17, 15) is 9.59 Å². The number of amides is 3. The molecule has 0 unspecified atom stereocenters. The maximum absolute atomic E-state index is 12.4. The van der Waals surface area contributed by atoms with Gasteiger partial charge >= 0.3 is 6.03 Å². The van der Waals surface area contributed by atoms with Crippen LogP contribution in [-0.2, 0) is 4.79 Å². The summed E-state index contributed by atoms with van der Waals surface area (Å²) in [5.41, 5.74) is 0.666. The number of hydrogen-bond donors (Lipinski definition) is 1. The summed E-state index contributed by atoms with van der Waals surface area (Å²) in [6.07, 6.45) is 6.78. The average molecular weight is 367 g/mol. The molecule has 1 atom stereocenters. The molecule has 1 aromatic rings. The maximum Gasteiger partial charge on any atom is 0.321 e. The van der Waals surface area contributed by atoms with Crippen molar-refractivity contribution >= 4 is 33.6 Å². The fourth-order valence-electron chi connectivity index (χ4n) is 3.13. The van der Waals surface area contributed by atoms with Crippen molar-refractivity contribution in [3.05, 3.63) is 22.9 Å². The van der Waals surface area contributed by atoms with Gasteiger partial charge < -0.3 is 15.1 Å². The lowest BCUT2D eigenvalue weighted by atomic mass is 10.0. The molecule has 22 heavy (non-hydrogen) atoms. The zero-order valence-corrected chi connectivity index (χ0v) is 13.9. The molecule has 118 valence electrons. The SMILES string of the molecule is O=C(Nc1cncc(Br)c1)N1CCC[C@@H](N2CCCC2=O)C1. The zero-order valence-electron chi connectivity index (χ0n) is 12.3. The minimum atomic E-state index is -0.128. The predicted molar refractivity (Wildman–Crippen MR) is 86.5 cm³/mol. The van der Waals surface area contributed by atoms with Crippen LogP contribution in [0.5, 0.6) is 0 Å². The van der Waals surface area contributed by atoms with Gasteiger partial charge in [-0.25, -0.2) is 4.79 Å². The lowest BCUT2D eigenvalue weighted by Crippen LogP contribution is -2.51. The molecule has 7 heteroatoms. The molecular formula is C15H19BrN4O2. The summed E-state index contributed by atoms with van der Waals surface area (Å²) >= 11 is 3.34. The van der Waals surface area contributed by atoms with Crippen LogP contribution in [0.25, 0.3) is 0 Å². The first-order valence-corrected chi connectivity index (χ1v) is 8.39. The topological polar surface area (TPSA) is 65.5 Å². The Balaban J connectivity index is 1.61. The number of aromatic nitrogens is 1. The molecule has 0 saturated carbocycles. The maximum atomic E-state index is 12.4. The summed E-state index contributed by atoms with van der Waals surface area (Å²) in [5.74, 6) is 0.225. The highest BCUT2D eigenvalue weighted by Crippen LogP contribution is 2.22. The van der Waals surface area contributed by atoms with E-state index < -0.39 is 0 Å². The Kier molecular flexibility index (Phi) is 4.61. The first-order chi connectivity index (χ1) is 10.6. The van der Waals surface area contributed by atoms with E-state index in [1.165, 1.54) is 0 Å². The smallest absolute Gasteiger partial charge is 0.321 e. The molecule has 6 nitrogen and oxygen atoms in total. The monoisotopic (exact) mass is 366 g/mol. The van der Waals surface area contributed by atoms with Gasteiger partial charge in [0.05, 0.1) is 11.9 Å². The van der Waals surface area contributed by atoms with E-state index in [-0.39, 0.29) is 18.0 Å². The average Bonchev–Trinajstić information content (AvgIpc) is 2.93. The van der Waals surface area contributed by atoms with Crippen LogP contribution in [0.3, 0.4) is 0 Å². The van der Waals surface area contributed by atoms with Gasteiger partial charge in [-0.1, -0.05) is 0 Å². The molecule has 3 heterocycles. The summed E-state index contributed by atoms with van der Waals surface area (Å²) in [7, 11) is 0. The minimum Gasteiger partial charge on any atom is -0.338 e. The highest BCUT2D eigenvalue weighted by atomic mass is 79.9. The fourth-order valence-corrected chi connectivity index (χ4v) is 3.50. The summed E-state index contributed by atoms with van der Waals surface area (Å²) in [4.78, 5) is 32.0. The normalized spacial score (nSPS) is 22.0. The van der Waals surface area contributed by atoms with Crippen molar-refractivity contribution in [3.63, 3.8) is 0 Å². The van der Waals surface area contributed by atoms with Crippen molar-refractivity contribution < 1.29 is 9.59 Å². The number of halogens is 1. The van der Waals surface area contributed by atoms with Crippen LogP contribution in [0.4, 0.5) is 10.5 Å². The molecule has 2 aliphatic heterocycles. The van der Waals surface area contributed by atoms with Crippen molar-refractivity contribution in [1.82, 2.24) is 14.8 Å². The number of rotatable bonds is 2. The molecular weight excluding hydrogens is 348 g/mol. The molecule has 0 spiro atoms. The number of anilines is 1. The summed E-state index contributed by atoms with van der Waals surface area (Å²) in [5, 5.41) is 2.87. The van der Waals surface area contributed by atoms with Crippen molar-refractivity contribution in [2.45, 2.75) is 31.7 Å². The van der Waals surface area contributed by atoms with Gasteiger partial charge in [0.1, 0.15) is 0 Å². The summed E-state index contributed by atoms with van der Waals surface area (Å²) in [6, 6.07) is 1.85. The molecule has 0 radical (unpaired) electrons. The van der Waals surface area contributed by atoms with Crippen LogP contribution < -0.4 is 5.32 Å². The van der Waals surface area contributed by atoms with E-state index in [1.54, 1.807) is 17.3 Å². The van der Waals surface area contributed by atoms with Gasteiger partial charge in [-0.15, -0.1) is 0 Å². The minimum absolute atomic E-state index is 0.128. The number of urea groups is 1. The molecule has 2 saturated heterocycles. The lowest BCUT2D eigenvalue weighted by Gasteiger charge is -2.37. The van der Waals surface area contributed by atoms with Gasteiger partial charge in [-0.2, -0.15) is 0 Å². The van der Waals surface area contributed by atoms with Crippen molar-refractivity contribution in [2.24, 2.45) is 0 Å². The van der Waals surface area contributed by atoms with E-state index >= 15 is 0 Å². The Hall–Kier alpha value is -1.63. The third-order valence-electron chi connectivity index (χ3n) is 4.19. The number of carbonyl (C=O) groups excluding carboxylic acids is 2. The number of pyridine rings is 1. The number of likely N-dealkylation sites (tertiary alicyclic amines) is 2. The molecule has 0 aromatic carbocycles. The van der Waals surface area contributed by atoms with E-state index in [2.05, 4.69) is 26.2 Å². The second-order valence-corrected chi connectivity index (χ2v) is 6.67. The largest absolute Gasteiger partial charge is 0.338 e. The number of hydrogen-bond acceptors (Lipinski definition) is 3. The standard InChI is InChI=1S/C15H19BrN4O2/c16-11-7-12(9-17-8-11)18-15(22)19-5-1-3-13(10-19)20-6-2-4-14(20)21/h7-9,13H,1-6,10H2,(H,18,22)/t13-/m1/s1. The highest BCUT2D eigenvalue weighted by molar-refractivity contribution is 9.10. The lowest BCUT2D eigenvalue weighted by molar-refractivity contribution is -0.130. The van der Waals surface area contributed by atoms with E-state index in [0.29, 0.717) is 18.7 Å². The second-order valence-electron chi connectivity index (χ2n) is 5.75. The number of piperidine rings is 1. The van der Waals surface area contributed by atoms with Crippen LogP contribution in [0.2, 0.25) is 0 Å². The molecule has 2 aliphatic rings. The predicted octanol–water partition coefficient (Wildman–Crippen LogP) is 2.46. The Labute approximate surface area is 138 Å². The molecule has 0 bridgehead atoms. The molecule has 0 aliphatic carbocycles. The number of nitrogens with one attached hydrogen (secondary N) is 1. The van der Waals surface area contributed by atoms with Gasteiger partial charge in [0, 0.05) is 42.8 Å². The third kappa shape index (κ3) is 3.40. The molecule has 2 fully saturated rings. The molecule has 3 rings (SSSR count). The van der Waals surface area contributed by atoms with Gasteiger partial charge in [0.15, 0.2) is 0 Å². The van der Waals surface area contributed by atoms with E-state index in [4.69, 9.17) is 0 Å². The van der Waals surface area contributed by atoms with Crippen LogP contribution >= 0.6 is 15.9 Å². The van der Waals surface area contributed by atoms with Crippen LogP contribution in [0.15, 0.2) is 22.9 Å². The first kappa shape index (κ1) is 15.3. The van der Waals surface area contributed by atoms with Crippen molar-refractivity contribution in [3.8, 4) is 0 Å². The van der Waals surface area contributed by atoms with Crippen molar-refractivity contribution in [2.75, 3.05) is 25.0 Å². The molecule has 3 amide bonds.